The zero-order valence-electron chi connectivity index (χ0n) is 15.1. The molecule has 0 aliphatic carbocycles. The number of hydrogen-bond donors (Lipinski definition) is 0. The summed E-state index contributed by atoms with van der Waals surface area (Å²) < 4.78 is 11.2. The van der Waals surface area contributed by atoms with E-state index in [1.165, 1.54) is 5.56 Å². The van der Waals surface area contributed by atoms with Crippen LogP contribution in [0, 0.1) is 13.8 Å². The molecule has 0 aromatic heterocycles. The van der Waals surface area contributed by atoms with Crippen molar-refractivity contribution >= 4 is 5.91 Å². The lowest BCUT2D eigenvalue weighted by Crippen LogP contribution is -2.46. The molecule has 4 nitrogen and oxygen atoms in total. The summed E-state index contributed by atoms with van der Waals surface area (Å²) in [6.07, 6.45) is 0.782. The van der Waals surface area contributed by atoms with Crippen molar-refractivity contribution in [2.45, 2.75) is 26.4 Å². The van der Waals surface area contributed by atoms with Crippen LogP contribution in [0.15, 0.2) is 42.5 Å². The Labute approximate surface area is 149 Å². The van der Waals surface area contributed by atoms with E-state index in [0.717, 1.165) is 28.9 Å². The summed E-state index contributed by atoms with van der Waals surface area (Å²) in [4.78, 5) is 14.7. The van der Waals surface area contributed by atoms with Gasteiger partial charge in [-0.1, -0.05) is 18.2 Å². The van der Waals surface area contributed by atoms with E-state index in [1.807, 2.05) is 48.2 Å². The Balaban J connectivity index is 1.67. The van der Waals surface area contributed by atoms with E-state index in [2.05, 4.69) is 13.0 Å². The highest BCUT2D eigenvalue weighted by atomic mass is 16.5. The van der Waals surface area contributed by atoms with E-state index in [0.29, 0.717) is 19.7 Å². The van der Waals surface area contributed by atoms with Gasteiger partial charge in [-0.05, 0) is 54.8 Å². The number of morpholine rings is 1. The van der Waals surface area contributed by atoms with Gasteiger partial charge in [0, 0.05) is 25.1 Å². The largest absolute Gasteiger partial charge is 0.497 e. The van der Waals surface area contributed by atoms with Crippen molar-refractivity contribution in [2.75, 3.05) is 26.8 Å². The molecular weight excluding hydrogens is 314 g/mol. The quantitative estimate of drug-likeness (QED) is 0.857. The first-order valence-electron chi connectivity index (χ1n) is 8.68. The van der Waals surface area contributed by atoms with Crippen LogP contribution in [0.25, 0.3) is 0 Å². The van der Waals surface area contributed by atoms with Crippen LogP contribution >= 0.6 is 0 Å². The lowest BCUT2D eigenvalue weighted by molar-refractivity contribution is -0.0208. The van der Waals surface area contributed by atoms with Crippen LogP contribution in [0.2, 0.25) is 0 Å². The maximum absolute atomic E-state index is 12.8. The second kappa shape index (κ2) is 7.70. The lowest BCUT2D eigenvalue weighted by atomic mass is 10.0. The van der Waals surface area contributed by atoms with Gasteiger partial charge in [0.25, 0.3) is 5.91 Å². The molecule has 0 saturated carbocycles. The molecule has 0 radical (unpaired) electrons. The molecule has 1 aliphatic rings. The fourth-order valence-corrected chi connectivity index (χ4v) is 3.15. The molecule has 1 atom stereocenters. The summed E-state index contributed by atoms with van der Waals surface area (Å²) in [5.74, 6) is 0.929. The van der Waals surface area contributed by atoms with Crippen LogP contribution in [0.4, 0.5) is 0 Å². The van der Waals surface area contributed by atoms with Crippen molar-refractivity contribution in [3.63, 3.8) is 0 Å². The molecule has 1 heterocycles. The van der Waals surface area contributed by atoms with Gasteiger partial charge in [-0.25, -0.2) is 0 Å². The van der Waals surface area contributed by atoms with Crippen molar-refractivity contribution in [3.05, 3.63) is 64.7 Å². The Kier molecular flexibility index (Phi) is 5.39. The molecule has 1 fully saturated rings. The fourth-order valence-electron chi connectivity index (χ4n) is 3.15. The van der Waals surface area contributed by atoms with Crippen LogP contribution < -0.4 is 4.74 Å². The molecule has 4 heteroatoms. The van der Waals surface area contributed by atoms with Crippen molar-refractivity contribution in [2.24, 2.45) is 0 Å². The van der Waals surface area contributed by atoms with Crippen molar-refractivity contribution in [1.82, 2.24) is 4.90 Å². The van der Waals surface area contributed by atoms with Gasteiger partial charge >= 0.3 is 0 Å². The van der Waals surface area contributed by atoms with E-state index in [4.69, 9.17) is 9.47 Å². The first-order chi connectivity index (χ1) is 12.1. The summed E-state index contributed by atoms with van der Waals surface area (Å²) in [5.41, 5.74) is 4.26. The highest BCUT2D eigenvalue weighted by Crippen LogP contribution is 2.19. The normalized spacial score (nSPS) is 17.4. The number of amides is 1. The number of ether oxygens (including phenoxy) is 2. The maximum Gasteiger partial charge on any atom is 0.254 e. The average molecular weight is 339 g/mol. The molecule has 3 rings (SSSR count). The minimum atomic E-state index is 0.0105. The number of rotatable bonds is 4. The number of carbonyl (C=O) groups is 1. The minimum Gasteiger partial charge on any atom is -0.497 e. The highest BCUT2D eigenvalue weighted by Gasteiger charge is 2.25. The van der Waals surface area contributed by atoms with E-state index < -0.39 is 0 Å². The first-order valence-corrected chi connectivity index (χ1v) is 8.68. The van der Waals surface area contributed by atoms with Gasteiger partial charge in [-0.15, -0.1) is 0 Å². The lowest BCUT2D eigenvalue weighted by Gasteiger charge is -2.33. The zero-order chi connectivity index (χ0) is 17.8. The van der Waals surface area contributed by atoms with Gasteiger partial charge in [0.15, 0.2) is 0 Å². The molecule has 1 amide bonds. The molecule has 1 saturated heterocycles. The Bertz CT molecular complexity index is 757. The van der Waals surface area contributed by atoms with E-state index in [-0.39, 0.29) is 12.0 Å². The van der Waals surface area contributed by atoms with Gasteiger partial charge in [0.2, 0.25) is 0 Å². The molecule has 0 unspecified atom stereocenters. The Morgan fingerprint density at radius 1 is 1.20 bits per heavy atom. The Morgan fingerprint density at radius 2 is 2.04 bits per heavy atom. The van der Waals surface area contributed by atoms with Crippen LogP contribution in [0.5, 0.6) is 5.75 Å². The standard InChI is InChI=1S/C21H25NO3/c1-15-7-8-18(11-16(15)2)21(23)22-9-10-25-20(14-22)13-17-5-4-6-19(12-17)24-3/h4-8,11-12,20H,9-10,13-14H2,1-3H3/t20-/m1/s1. The van der Waals surface area contributed by atoms with Gasteiger partial charge in [-0.3, -0.25) is 4.79 Å². The fraction of sp³-hybridized carbons (Fsp3) is 0.381. The molecule has 0 N–H and O–H groups in total. The molecule has 25 heavy (non-hydrogen) atoms. The van der Waals surface area contributed by atoms with Crippen molar-refractivity contribution < 1.29 is 14.3 Å². The zero-order valence-corrected chi connectivity index (χ0v) is 15.1. The van der Waals surface area contributed by atoms with Crippen molar-refractivity contribution in [3.8, 4) is 5.75 Å². The molecule has 0 spiro atoms. The third kappa shape index (κ3) is 4.20. The average Bonchev–Trinajstić information content (AvgIpc) is 2.64. The SMILES string of the molecule is COc1cccc(C[C@@H]2CN(C(=O)c3ccc(C)c(C)c3)CCO2)c1. The third-order valence-corrected chi connectivity index (χ3v) is 4.78. The molecule has 1 aliphatic heterocycles. The van der Waals surface area contributed by atoms with Gasteiger partial charge in [0.05, 0.1) is 19.8 Å². The van der Waals surface area contributed by atoms with Gasteiger partial charge < -0.3 is 14.4 Å². The van der Waals surface area contributed by atoms with Crippen LogP contribution in [0.1, 0.15) is 27.0 Å². The van der Waals surface area contributed by atoms with Gasteiger partial charge in [-0.2, -0.15) is 0 Å². The molecule has 2 aromatic carbocycles. The number of benzene rings is 2. The Hall–Kier alpha value is -2.33. The smallest absolute Gasteiger partial charge is 0.254 e. The minimum absolute atomic E-state index is 0.0105. The molecule has 2 aromatic rings. The monoisotopic (exact) mass is 339 g/mol. The molecule has 132 valence electrons. The topological polar surface area (TPSA) is 38.8 Å². The predicted octanol–water partition coefficient (Wildman–Crippen LogP) is 3.40. The van der Waals surface area contributed by atoms with Crippen LogP contribution in [0.3, 0.4) is 0 Å². The van der Waals surface area contributed by atoms with E-state index in [1.54, 1.807) is 7.11 Å². The van der Waals surface area contributed by atoms with E-state index >= 15 is 0 Å². The number of hydrogen-bond acceptors (Lipinski definition) is 3. The summed E-state index contributed by atoms with van der Waals surface area (Å²) >= 11 is 0. The molecular formula is C21H25NO3. The third-order valence-electron chi connectivity index (χ3n) is 4.78. The van der Waals surface area contributed by atoms with Crippen molar-refractivity contribution in [1.29, 1.82) is 0 Å². The maximum atomic E-state index is 12.8. The Morgan fingerprint density at radius 3 is 2.80 bits per heavy atom. The second-order valence-electron chi connectivity index (χ2n) is 6.60. The highest BCUT2D eigenvalue weighted by molar-refractivity contribution is 5.94. The summed E-state index contributed by atoms with van der Waals surface area (Å²) in [5, 5.41) is 0. The van der Waals surface area contributed by atoms with E-state index in [9.17, 15) is 4.79 Å². The first kappa shape index (κ1) is 17.5. The summed E-state index contributed by atoms with van der Waals surface area (Å²) in [7, 11) is 1.67. The predicted molar refractivity (Wildman–Crippen MR) is 98.3 cm³/mol. The number of nitrogens with zero attached hydrogens (tertiary/aromatic N) is 1. The summed E-state index contributed by atoms with van der Waals surface area (Å²) in [6, 6.07) is 13.9. The van der Waals surface area contributed by atoms with Crippen LogP contribution in [-0.4, -0.2) is 43.7 Å². The molecule has 0 bridgehead atoms. The van der Waals surface area contributed by atoms with Gasteiger partial charge in [0.1, 0.15) is 5.75 Å². The second-order valence-corrected chi connectivity index (χ2v) is 6.60. The number of carbonyl (C=O) groups excluding carboxylic acids is 1. The summed E-state index contributed by atoms with van der Waals surface area (Å²) in [6.45, 7) is 5.92. The van der Waals surface area contributed by atoms with Crippen LogP contribution in [-0.2, 0) is 11.2 Å². The number of methoxy groups -OCH3 is 1. The number of aryl methyl sites for hydroxylation is 2.